The Hall–Kier alpha value is -3.32. The summed E-state index contributed by atoms with van der Waals surface area (Å²) in [4.78, 5) is 25.6. The molecule has 0 unspecified atom stereocenters. The highest BCUT2D eigenvalue weighted by atomic mass is 16.5. The first-order valence-corrected chi connectivity index (χ1v) is 8.99. The van der Waals surface area contributed by atoms with Crippen molar-refractivity contribution in [1.29, 1.82) is 0 Å². The van der Waals surface area contributed by atoms with Crippen LogP contribution in [0.5, 0.6) is 0 Å². The number of hydrogen-bond donors (Lipinski definition) is 2. The lowest BCUT2D eigenvalue weighted by Crippen LogP contribution is -2.33. The number of rotatable bonds is 8. The van der Waals surface area contributed by atoms with E-state index in [1.54, 1.807) is 19.4 Å². The van der Waals surface area contributed by atoms with Crippen LogP contribution in [0.3, 0.4) is 0 Å². The monoisotopic (exact) mass is 377 g/mol. The topological polar surface area (TPSA) is 89.0 Å². The van der Waals surface area contributed by atoms with Crippen molar-refractivity contribution < 1.29 is 9.53 Å². The molecule has 0 bridgehead atoms. The van der Waals surface area contributed by atoms with Gasteiger partial charge in [-0.3, -0.25) is 9.78 Å². The van der Waals surface area contributed by atoms with Gasteiger partial charge in [0.1, 0.15) is 12.4 Å². The van der Waals surface area contributed by atoms with Crippen LogP contribution in [0.15, 0.2) is 60.9 Å². The van der Waals surface area contributed by atoms with Gasteiger partial charge in [0.2, 0.25) is 5.91 Å². The Kier molecular flexibility index (Phi) is 6.64. The highest BCUT2D eigenvalue weighted by Gasteiger charge is 2.19. The predicted octanol–water partition coefficient (Wildman–Crippen LogP) is 2.63. The summed E-state index contributed by atoms with van der Waals surface area (Å²) in [7, 11) is 3.30. The van der Waals surface area contributed by atoms with Crippen LogP contribution in [0.2, 0.25) is 0 Å². The van der Waals surface area contributed by atoms with Crippen molar-refractivity contribution in [2.75, 3.05) is 26.1 Å². The number of carbonyl (C=O) groups is 1. The number of benzene rings is 1. The molecule has 1 aromatic carbocycles. The predicted molar refractivity (Wildman–Crippen MR) is 108 cm³/mol. The molecule has 7 nitrogen and oxygen atoms in total. The Morgan fingerprint density at radius 3 is 2.64 bits per heavy atom. The number of nitrogens with one attached hydrogen (secondary N) is 2. The molecule has 0 fully saturated rings. The minimum absolute atomic E-state index is 0.00921. The number of amides is 1. The van der Waals surface area contributed by atoms with Gasteiger partial charge in [0.15, 0.2) is 5.82 Å². The highest BCUT2D eigenvalue weighted by molar-refractivity contribution is 5.77. The van der Waals surface area contributed by atoms with Crippen LogP contribution in [-0.4, -0.2) is 41.6 Å². The molecule has 0 saturated heterocycles. The average molecular weight is 377 g/mol. The Morgan fingerprint density at radius 1 is 1.14 bits per heavy atom. The van der Waals surface area contributed by atoms with Crippen molar-refractivity contribution in [2.24, 2.45) is 0 Å². The first kappa shape index (κ1) is 19.4. The first-order chi connectivity index (χ1) is 13.7. The summed E-state index contributed by atoms with van der Waals surface area (Å²) in [6.07, 6.45) is 4.02. The van der Waals surface area contributed by atoms with E-state index in [4.69, 9.17) is 9.72 Å². The molecule has 3 aromatic rings. The number of aromatic nitrogens is 3. The maximum absolute atomic E-state index is 12.2. The number of anilines is 1. The molecule has 3 rings (SSSR count). The minimum atomic E-state index is -0.324. The van der Waals surface area contributed by atoms with Gasteiger partial charge in [-0.15, -0.1) is 0 Å². The molecule has 0 aliphatic carbocycles. The molecule has 28 heavy (non-hydrogen) atoms. The molecule has 0 saturated carbocycles. The van der Waals surface area contributed by atoms with Crippen molar-refractivity contribution in [1.82, 2.24) is 20.3 Å². The molecule has 0 radical (unpaired) electrons. The van der Waals surface area contributed by atoms with E-state index in [1.165, 1.54) is 7.11 Å². The summed E-state index contributed by atoms with van der Waals surface area (Å²) < 4.78 is 4.96. The molecule has 0 aliphatic heterocycles. The van der Waals surface area contributed by atoms with Gasteiger partial charge in [-0.25, -0.2) is 9.97 Å². The van der Waals surface area contributed by atoms with Gasteiger partial charge in [-0.05, 0) is 24.1 Å². The van der Waals surface area contributed by atoms with E-state index >= 15 is 0 Å². The quantitative estimate of drug-likeness (QED) is 0.627. The second-order valence-electron chi connectivity index (χ2n) is 6.24. The molecule has 0 spiro atoms. The van der Waals surface area contributed by atoms with Crippen LogP contribution < -0.4 is 10.6 Å². The normalized spacial score (nSPS) is 11.6. The fraction of sp³-hybridized carbons (Fsp3) is 0.238. The van der Waals surface area contributed by atoms with Crippen LogP contribution in [0.25, 0.3) is 11.4 Å². The van der Waals surface area contributed by atoms with Gasteiger partial charge in [0, 0.05) is 38.2 Å². The van der Waals surface area contributed by atoms with Crippen LogP contribution in [0.4, 0.5) is 5.82 Å². The van der Waals surface area contributed by atoms with Crippen molar-refractivity contribution in [2.45, 2.75) is 12.5 Å². The van der Waals surface area contributed by atoms with E-state index in [2.05, 4.69) is 20.6 Å². The van der Waals surface area contributed by atoms with E-state index < -0.39 is 0 Å². The van der Waals surface area contributed by atoms with Crippen LogP contribution in [0.1, 0.15) is 17.3 Å². The third-order valence-corrected chi connectivity index (χ3v) is 4.17. The molecular formula is C21H23N5O2. The van der Waals surface area contributed by atoms with Crippen molar-refractivity contribution in [3.8, 4) is 11.4 Å². The number of methoxy groups -OCH3 is 1. The van der Waals surface area contributed by atoms with Crippen molar-refractivity contribution in [3.05, 3.63) is 72.2 Å². The highest BCUT2D eigenvalue weighted by Crippen LogP contribution is 2.23. The number of nitrogens with zero attached hydrogens (tertiary/aromatic N) is 3. The molecule has 2 N–H and O–H groups in total. The molecule has 0 aliphatic rings. The molecule has 1 atom stereocenters. The lowest BCUT2D eigenvalue weighted by molar-refractivity contribution is -0.125. The lowest BCUT2D eigenvalue weighted by atomic mass is 10.0. The Morgan fingerprint density at radius 2 is 1.96 bits per heavy atom. The molecule has 2 heterocycles. The number of hydrogen-bond acceptors (Lipinski definition) is 6. The van der Waals surface area contributed by atoms with Crippen molar-refractivity contribution in [3.63, 3.8) is 0 Å². The number of pyridine rings is 1. The maximum Gasteiger partial charge on any atom is 0.246 e. The van der Waals surface area contributed by atoms with E-state index in [-0.39, 0.29) is 18.6 Å². The second-order valence-corrected chi connectivity index (χ2v) is 6.24. The largest absolute Gasteiger partial charge is 0.375 e. The first-order valence-electron chi connectivity index (χ1n) is 8.99. The van der Waals surface area contributed by atoms with Gasteiger partial charge in [-0.1, -0.05) is 30.3 Å². The summed E-state index contributed by atoms with van der Waals surface area (Å²) in [6.45, 7) is -0.00921. The van der Waals surface area contributed by atoms with E-state index in [9.17, 15) is 4.79 Å². The third-order valence-electron chi connectivity index (χ3n) is 4.17. The summed E-state index contributed by atoms with van der Waals surface area (Å²) in [5.41, 5.74) is 2.62. The van der Waals surface area contributed by atoms with Crippen LogP contribution in [0, 0.1) is 0 Å². The number of carbonyl (C=O) groups excluding carboxylic acids is 1. The molecule has 144 valence electrons. The Bertz CT molecular complexity index is 903. The fourth-order valence-corrected chi connectivity index (χ4v) is 2.84. The van der Waals surface area contributed by atoms with Gasteiger partial charge >= 0.3 is 0 Å². The second kappa shape index (κ2) is 9.57. The fourth-order valence-electron chi connectivity index (χ4n) is 2.84. The van der Waals surface area contributed by atoms with Crippen LogP contribution >= 0.6 is 0 Å². The number of ether oxygens (including phenoxy) is 1. The molecule has 7 heteroatoms. The molecule has 1 amide bonds. The summed E-state index contributed by atoms with van der Waals surface area (Å²) in [5, 5.41) is 6.08. The minimum Gasteiger partial charge on any atom is -0.375 e. The van der Waals surface area contributed by atoms with E-state index in [0.29, 0.717) is 23.8 Å². The smallest absolute Gasteiger partial charge is 0.246 e. The van der Waals surface area contributed by atoms with Crippen LogP contribution in [-0.2, 0) is 16.0 Å². The van der Waals surface area contributed by atoms with Crippen molar-refractivity contribution >= 4 is 11.7 Å². The van der Waals surface area contributed by atoms with Gasteiger partial charge in [0.05, 0.1) is 11.7 Å². The van der Waals surface area contributed by atoms with E-state index in [1.807, 2.05) is 48.5 Å². The zero-order valence-corrected chi connectivity index (χ0v) is 15.9. The summed E-state index contributed by atoms with van der Waals surface area (Å²) in [5.74, 6) is 1.02. The lowest BCUT2D eigenvalue weighted by Gasteiger charge is -2.20. The van der Waals surface area contributed by atoms with Gasteiger partial charge in [0.25, 0.3) is 0 Å². The zero-order chi connectivity index (χ0) is 19.8. The third kappa shape index (κ3) is 5.11. The Balaban J connectivity index is 1.98. The van der Waals surface area contributed by atoms with Gasteiger partial charge in [-0.2, -0.15) is 0 Å². The Labute approximate surface area is 164 Å². The van der Waals surface area contributed by atoms with Gasteiger partial charge < -0.3 is 15.4 Å². The zero-order valence-electron chi connectivity index (χ0n) is 15.9. The molecular weight excluding hydrogens is 354 g/mol. The SMILES string of the molecule is CNc1cc([C@@H](Cc2ccccc2)NC(=O)COC)nc(-c2cccnc2)n1. The standard InChI is InChI=1S/C21H23N5O2/c1-22-19-12-18(25-21(26-19)16-9-6-10-23-13-16)17(24-20(27)14-28-2)11-15-7-4-3-5-8-15/h3-10,12-13,17H,11,14H2,1-2H3,(H,24,27)(H,22,25,26)/t17-/m1/s1. The average Bonchev–Trinajstić information content (AvgIpc) is 2.74. The van der Waals surface area contributed by atoms with E-state index in [0.717, 1.165) is 11.1 Å². The summed E-state index contributed by atoms with van der Waals surface area (Å²) >= 11 is 0. The maximum atomic E-state index is 12.2. The molecule has 2 aromatic heterocycles. The summed E-state index contributed by atoms with van der Waals surface area (Å²) in [6, 6.07) is 15.2.